The summed E-state index contributed by atoms with van der Waals surface area (Å²) in [5.41, 5.74) is 3.58. The van der Waals surface area contributed by atoms with Gasteiger partial charge >= 0.3 is 0 Å². The number of benzene rings is 2. The van der Waals surface area contributed by atoms with Gasteiger partial charge in [-0.25, -0.2) is 0 Å². The van der Waals surface area contributed by atoms with Gasteiger partial charge in [-0.1, -0.05) is 12.1 Å². The van der Waals surface area contributed by atoms with Crippen LogP contribution in [-0.4, -0.2) is 48.8 Å². The van der Waals surface area contributed by atoms with Crippen molar-refractivity contribution in [2.75, 3.05) is 27.3 Å². The molecule has 0 saturated heterocycles. The molecule has 1 amide bonds. The lowest BCUT2D eigenvalue weighted by molar-refractivity contribution is 0.0520. The van der Waals surface area contributed by atoms with Gasteiger partial charge in [-0.15, -0.1) is 0 Å². The second-order valence-corrected chi connectivity index (χ2v) is 7.50. The fourth-order valence-corrected chi connectivity index (χ4v) is 3.85. The topological polar surface area (TPSA) is 52.9 Å². The van der Waals surface area contributed by atoms with Gasteiger partial charge in [-0.3, -0.25) is 4.79 Å². The molecule has 156 valence electrons. The van der Waals surface area contributed by atoms with Crippen molar-refractivity contribution >= 4 is 5.91 Å². The maximum atomic E-state index is 13.2. The van der Waals surface area contributed by atoms with Crippen LogP contribution in [0.1, 0.15) is 21.7 Å². The van der Waals surface area contributed by atoms with Crippen molar-refractivity contribution < 1.29 is 19.0 Å². The van der Waals surface area contributed by atoms with E-state index in [4.69, 9.17) is 14.2 Å². The van der Waals surface area contributed by atoms with Gasteiger partial charge < -0.3 is 23.7 Å². The van der Waals surface area contributed by atoms with E-state index in [1.165, 1.54) is 0 Å². The third-order valence-corrected chi connectivity index (χ3v) is 5.38. The Bertz CT molecular complexity index is 1060. The van der Waals surface area contributed by atoms with Crippen molar-refractivity contribution in [2.45, 2.75) is 20.0 Å². The molecule has 3 aromatic rings. The van der Waals surface area contributed by atoms with Gasteiger partial charge in [0.2, 0.25) is 0 Å². The van der Waals surface area contributed by atoms with Gasteiger partial charge in [0.05, 0.1) is 19.2 Å². The van der Waals surface area contributed by atoms with E-state index in [-0.39, 0.29) is 12.0 Å². The van der Waals surface area contributed by atoms with Gasteiger partial charge in [0.1, 0.15) is 12.4 Å². The third-order valence-electron chi connectivity index (χ3n) is 5.38. The summed E-state index contributed by atoms with van der Waals surface area (Å²) in [5, 5.41) is 0. The number of aromatic nitrogens is 1. The molecule has 0 spiro atoms. The quantitative estimate of drug-likeness (QED) is 0.642. The zero-order chi connectivity index (χ0) is 21.3. The average Bonchev–Trinajstić information content (AvgIpc) is 3.07. The van der Waals surface area contributed by atoms with Gasteiger partial charge in [-0.05, 0) is 56.3 Å². The average molecular weight is 406 g/mol. The van der Waals surface area contributed by atoms with E-state index in [0.29, 0.717) is 24.5 Å². The SMILES string of the molecule is COc1ccc(-n2c(C)cc(C(=O)N(C)C[C@H]3COc4ccccc4O3)c2C)cc1. The van der Waals surface area contributed by atoms with Crippen LogP contribution >= 0.6 is 0 Å². The van der Waals surface area contributed by atoms with Gasteiger partial charge in [0, 0.05) is 24.1 Å². The zero-order valence-corrected chi connectivity index (χ0v) is 17.7. The summed E-state index contributed by atoms with van der Waals surface area (Å²) in [6, 6.07) is 17.3. The van der Waals surface area contributed by atoms with Crippen LogP contribution < -0.4 is 14.2 Å². The predicted octanol–water partition coefficient (Wildman–Crippen LogP) is 4.01. The number of likely N-dealkylation sites (N-methyl/N-ethyl adjacent to an activating group) is 1. The number of amides is 1. The molecular formula is C24H26N2O4. The van der Waals surface area contributed by atoms with Crippen molar-refractivity contribution in [3.05, 3.63) is 71.5 Å². The molecule has 2 aromatic carbocycles. The molecule has 0 bridgehead atoms. The first-order valence-electron chi connectivity index (χ1n) is 9.95. The molecule has 0 saturated carbocycles. The summed E-state index contributed by atoms with van der Waals surface area (Å²) >= 11 is 0. The molecule has 6 heteroatoms. The maximum Gasteiger partial charge on any atom is 0.255 e. The van der Waals surface area contributed by atoms with E-state index in [9.17, 15) is 4.79 Å². The number of rotatable bonds is 5. The highest BCUT2D eigenvalue weighted by atomic mass is 16.6. The Labute approximate surface area is 176 Å². The lowest BCUT2D eigenvalue weighted by Crippen LogP contribution is -2.41. The molecule has 2 heterocycles. The molecule has 0 aliphatic carbocycles. The van der Waals surface area contributed by atoms with Crippen molar-refractivity contribution in [2.24, 2.45) is 0 Å². The Kier molecular flexibility index (Phi) is 5.40. The molecule has 0 unspecified atom stereocenters. The molecule has 1 aliphatic rings. The fourth-order valence-electron chi connectivity index (χ4n) is 3.85. The second kappa shape index (κ2) is 8.14. The summed E-state index contributed by atoms with van der Waals surface area (Å²) in [6.07, 6.45) is -0.209. The Morgan fingerprint density at radius 3 is 2.53 bits per heavy atom. The summed E-state index contributed by atoms with van der Waals surface area (Å²) < 4.78 is 19.1. The van der Waals surface area contributed by atoms with Crippen LogP contribution in [0.4, 0.5) is 0 Å². The fraction of sp³-hybridized carbons (Fsp3) is 0.292. The molecule has 0 fully saturated rings. The normalized spacial score (nSPS) is 15.0. The van der Waals surface area contributed by atoms with E-state index in [2.05, 4.69) is 4.57 Å². The number of nitrogens with zero attached hydrogens (tertiary/aromatic N) is 2. The largest absolute Gasteiger partial charge is 0.497 e. The van der Waals surface area contributed by atoms with Gasteiger partial charge in [0.25, 0.3) is 5.91 Å². The van der Waals surface area contributed by atoms with Gasteiger partial charge in [-0.2, -0.15) is 0 Å². The highest BCUT2D eigenvalue weighted by Gasteiger charge is 2.26. The molecule has 30 heavy (non-hydrogen) atoms. The number of hydrogen-bond acceptors (Lipinski definition) is 4. The van der Waals surface area contributed by atoms with E-state index < -0.39 is 0 Å². The van der Waals surface area contributed by atoms with Crippen molar-refractivity contribution in [1.82, 2.24) is 9.47 Å². The van der Waals surface area contributed by atoms with Crippen LogP contribution in [0.15, 0.2) is 54.6 Å². The number of carbonyl (C=O) groups excluding carboxylic acids is 1. The van der Waals surface area contributed by atoms with Crippen LogP contribution in [0.3, 0.4) is 0 Å². The zero-order valence-electron chi connectivity index (χ0n) is 17.7. The summed E-state index contributed by atoms with van der Waals surface area (Å²) in [6.45, 7) is 4.83. The van der Waals surface area contributed by atoms with Crippen LogP contribution in [-0.2, 0) is 0 Å². The Morgan fingerprint density at radius 2 is 1.83 bits per heavy atom. The first-order valence-corrected chi connectivity index (χ1v) is 9.95. The first kappa shape index (κ1) is 19.9. The number of carbonyl (C=O) groups is 1. The number of methoxy groups -OCH3 is 1. The Morgan fingerprint density at radius 1 is 1.13 bits per heavy atom. The number of fused-ring (bicyclic) bond motifs is 1. The highest BCUT2D eigenvalue weighted by molar-refractivity contribution is 5.95. The second-order valence-electron chi connectivity index (χ2n) is 7.50. The summed E-state index contributed by atoms with van der Waals surface area (Å²) in [7, 11) is 3.44. The number of para-hydroxylation sites is 2. The Hall–Kier alpha value is -3.41. The smallest absolute Gasteiger partial charge is 0.255 e. The highest BCUT2D eigenvalue weighted by Crippen LogP contribution is 2.31. The summed E-state index contributed by atoms with van der Waals surface area (Å²) in [4.78, 5) is 14.9. The number of ether oxygens (including phenoxy) is 3. The first-order chi connectivity index (χ1) is 14.5. The monoisotopic (exact) mass is 406 g/mol. The predicted molar refractivity (Wildman–Crippen MR) is 115 cm³/mol. The number of hydrogen-bond donors (Lipinski definition) is 0. The standard InChI is InChI=1S/C24H26N2O4/c1-16-13-21(17(2)26(16)18-9-11-19(28-4)12-10-18)24(27)25(3)14-20-15-29-22-7-5-6-8-23(22)30-20/h5-13,20H,14-15H2,1-4H3/t20-/m0/s1. The maximum absolute atomic E-state index is 13.2. The van der Waals surface area contributed by atoms with E-state index in [1.807, 2.05) is 68.4 Å². The molecule has 6 nitrogen and oxygen atoms in total. The third kappa shape index (κ3) is 3.73. The minimum Gasteiger partial charge on any atom is -0.497 e. The van der Waals surface area contributed by atoms with E-state index in [1.54, 1.807) is 19.1 Å². The molecule has 1 atom stereocenters. The molecule has 0 radical (unpaired) electrons. The molecule has 0 N–H and O–H groups in total. The van der Waals surface area contributed by atoms with E-state index >= 15 is 0 Å². The van der Waals surface area contributed by atoms with Crippen LogP contribution in [0, 0.1) is 13.8 Å². The van der Waals surface area contributed by atoms with Gasteiger partial charge in [0.15, 0.2) is 17.6 Å². The van der Waals surface area contributed by atoms with Crippen LogP contribution in [0.5, 0.6) is 17.2 Å². The molecule has 1 aliphatic heterocycles. The van der Waals surface area contributed by atoms with Crippen molar-refractivity contribution in [1.29, 1.82) is 0 Å². The number of aryl methyl sites for hydroxylation is 1. The lowest BCUT2D eigenvalue weighted by atomic mass is 10.2. The van der Waals surface area contributed by atoms with Crippen molar-refractivity contribution in [3.63, 3.8) is 0 Å². The van der Waals surface area contributed by atoms with E-state index in [0.717, 1.165) is 28.6 Å². The van der Waals surface area contributed by atoms with Crippen LogP contribution in [0.2, 0.25) is 0 Å². The molecular weight excluding hydrogens is 380 g/mol. The van der Waals surface area contributed by atoms with Crippen molar-refractivity contribution in [3.8, 4) is 22.9 Å². The minimum atomic E-state index is -0.209. The lowest BCUT2D eigenvalue weighted by Gasteiger charge is -2.29. The summed E-state index contributed by atoms with van der Waals surface area (Å²) in [5.74, 6) is 2.22. The molecule has 1 aromatic heterocycles. The molecule has 4 rings (SSSR count). The minimum absolute atomic E-state index is 0.0367. The van der Waals surface area contributed by atoms with Crippen LogP contribution in [0.25, 0.3) is 5.69 Å². The Balaban J connectivity index is 1.50.